The third-order valence-electron chi connectivity index (χ3n) is 4.91. The fraction of sp³-hybridized carbons (Fsp3) is 0.556. The van der Waals surface area contributed by atoms with Crippen molar-refractivity contribution in [2.75, 3.05) is 5.32 Å². The summed E-state index contributed by atoms with van der Waals surface area (Å²) in [5.41, 5.74) is 7.91. The second-order valence-electron chi connectivity index (χ2n) is 6.87. The van der Waals surface area contributed by atoms with Gasteiger partial charge in [0.2, 0.25) is 11.9 Å². The van der Waals surface area contributed by atoms with Crippen LogP contribution in [0.1, 0.15) is 46.0 Å². The summed E-state index contributed by atoms with van der Waals surface area (Å²) in [6.45, 7) is 4.95. The molecule has 5 nitrogen and oxygen atoms in total. The van der Waals surface area contributed by atoms with Crippen molar-refractivity contribution in [3.8, 4) is 0 Å². The fourth-order valence-electron chi connectivity index (χ4n) is 3.61. The standard InChI is InChI=1S/C18H26N4O/c1-3-12-22-15-10-5-4-9-14(15)20-17(22)21-16(23)13-8-6-7-11-18(13,2)19/h4-5,9-10,13H,3,6-8,11-12,19H2,1-2H3,(H,20,21,23). The SMILES string of the molecule is CCCn1c(NC(=O)C2CCCCC2(C)N)nc2ccccc21. The van der Waals surface area contributed by atoms with Gasteiger partial charge < -0.3 is 10.3 Å². The van der Waals surface area contributed by atoms with Crippen molar-refractivity contribution in [2.24, 2.45) is 11.7 Å². The number of nitrogens with two attached hydrogens (primary N) is 1. The summed E-state index contributed by atoms with van der Waals surface area (Å²) in [4.78, 5) is 17.4. The van der Waals surface area contributed by atoms with E-state index in [4.69, 9.17) is 5.73 Å². The maximum Gasteiger partial charge on any atom is 0.231 e. The normalized spacial score (nSPS) is 24.7. The number of anilines is 1. The molecule has 1 aromatic heterocycles. The van der Waals surface area contributed by atoms with Gasteiger partial charge in [-0.25, -0.2) is 4.98 Å². The highest BCUT2D eigenvalue weighted by atomic mass is 16.2. The van der Waals surface area contributed by atoms with E-state index in [2.05, 4.69) is 21.8 Å². The molecule has 1 fully saturated rings. The number of hydrogen-bond acceptors (Lipinski definition) is 3. The van der Waals surface area contributed by atoms with E-state index in [9.17, 15) is 4.79 Å². The molecule has 1 aliphatic carbocycles. The summed E-state index contributed by atoms with van der Waals surface area (Å²) in [5, 5.41) is 3.04. The van der Waals surface area contributed by atoms with Gasteiger partial charge in [-0.15, -0.1) is 0 Å². The van der Waals surface area contributed by atoms with Crippen LogP contribution in [0.5, 0.6) is 0 Å². The number of aromatic nitrogens is 2. The topological polar surface area (TPSA) is 72.9 Å². The molecule has 1 heterocycles. The predicted molar refractivity (Wildman–Crippen MR) is 93.2 cm³/mol. The van der Waals surface area contributed by atoms with Crippen molar-refractivity contribution in [1.82, 2.24) is 9.55 Å². The Kier molecular flexibility index (Phi) is 4.39. The highest BCUT2D eigenvalue weighted by Gasteiger charge is 2.38. The van der Waals surface area contributed by atoms with Gasteiger partial charge in [0.05, 0.1) is 17.0 Å². The number of fused-ring (bicyclic) bond motifs is 1. The van der Waals surface area contributed by atoms with Crippen molar-refractivity contribution in [3.05, 3.63) is 24.3 Å². The Bertz CT molecular complexity index is 704. The number of amides is 1. The Morgan fingerprint density at radius 3 is 2.96 bits per heavy atom. The van der Waals surface area contributed by atoms with E-state index in [1.165, 1.54) is 0 Å². The van der Waals surface area contributed by atoms with Gasteiger partial charge in [0.1, 0.15) is 0 Å². The molecule has 2 aromatic rings. The number of para-hydroxylation sites is 2. The summed E-state index contributed by atoms with van der Waals surface area (Å²) in [6.07, 6.45) is 4.91. The molecule has 1 aromatic carbocycles. The minimum Gasteiger partial charge on any atom is -0.325 e. The fourth-order valence-corrected chi connectivity index (χ4v) is 3.61. The van der Waals surface area contributed by atoms with Gasteiger partial charge in [0, 0.05) is 12.1 Å². The van der Waals surface area contributed by atoms with E-state index in [0.717, 1.165) is 49.7 Å². The Hall–Kier alpha value is -1.88. The smallest absolute Gasteiger partial charge is 0.231 e. The highest BCUT2D eigenvalue weighted by Crippen LogP contribution is 2.32. The van der Waals surface area contributed by atoms with Gasteiger partial charge in [-0.2, -0.15) is 0 Å². The first kappa shape index (κ1) is 16.0. The van der Waals surface area contributed by atoms with E-state index in [-0.39, 0.29) is 11.8 Å². The predicted octanol–water partition coefficient (Wildman–Crippen LogP) is 3.29. The zero-order valence-corrected chi connectivity index (χ0v) is 14.0. The molecule has 0 radical (unpaired) electrons. The third-order valence-corrected chi connectivity index (χ3v) is 4.91. The summed E-state index contributed by atoms with van der Waals surface area (Å²) in [7, 11) is 0. The molecule has 0 bridgehead atoms. The number of carbonyl (C=O) groups excluding carboxylic acids is 1. The van der Waals surface area contributed by atoms with Crippen LogP contribution >= 0.6 is 0 Å². The molecule has 1 aliphatic rings. The summed E-state index contributed by atoms with van der Waals surface area (Å²) >= 11 is 0. The number of carbonyl (C=O) groups is 1. The number of nitrogens with zero attached hydrogens (tertiary/aromatic N) is 2. The van der Waals surface area contributed by atoms with Crippen molar-refractivity contribution in [2.45, 2.75) is 58.0 Å². The molecule has 0 aliphatic heterocycles. The molecule has 1 amide bonds. The maximum atomic E-state index is 12.8. The minimum absolute atomic E-state index is 0.00218. The van der Waals surface area contributed by atoms with Crippen molar-refractivity contribution < 1.29 is 4.79 Å². The van der Waals surface area contributed by atoms with E-state index in [1.54, 1.807) is 0 Å². The van der Waals surface area contributed by atoms with Crippen molar-refractivity contribution in [1.29, 1.82) is 0 Å². The number of benzene rings is 1. The molecule has 23 heavy (non-hydrogen) atoms. The lowest BCUT2D eigenvalue weighted by Gasteiger charge is -2.37. The summed E-state index contributed by atoms with van der Waals surface area (Å²) in [5.74, 6) is 0.493. The van der Waals surface area contributed by atoms with Crippen LogP contribution < -0.4 is 11.1 Å². The van der Waals surface area contributed by atoms with Crippen LogP contribution in [0.25, 0.3) is 11.0 Å². The van der Waals surface area contributed by atoms with Crippen LogP contribution in [0, 0.1) is 5.92 Å². The molecule has 0 spiro atoms. The average Bonchev–Trinajstić information content (AvgIpc) is 2.85. The number of rotatable bonds is 4. The Morgan fingerprint density at radius 2 is 2.22 bits per heavy atom. The molecule has 3 N–H and O–H groups in total. The van der Waals surface area contributed by atoms with Gasteiger partial charge in [0.25, 0.3) is 0 Å². The first-order valence-corrected chi connectivity index (χ1v) is 8.58. The van der Waals surface area contributed by atoms with Crippen LogP contribution in [0.3, 0.4) is 0 Å². The van der Waals surface area contributed by atoms with Gasteiger partial charge >= 0.3 is 0 Å². The zero-order chi connectivity index (χ0) is 16.4. The molecular weight excluding hydrogens is 288 g/mol. The largest absolute Gasteiger partial charge is 0.325 e. The highest BCUT2D eigenvalue weighted by molar-refractivity contribution is 5.94. The Morgan fingerprint density at radius 1 is 1.43 bits per heavy atom. The Balaban J connectivity index is 1.88. The van der Waals surface area contributed by atoms with Gasteiger partial charge in [-0.3, -0.25) is 10.1 Å². The van der Waals surface area contributed by atoms with Crippen LogP contribution in [0.4, 0.5) is 5.95 Å². The van der Waals surface area contributed by atoms with E-state index in [1.807, 2.05) is 31.2 Å². The van der Waals surface area contributed by atoms with Crippen LogP contribution in [0.15, 0.2) is 24.3 Å². The second kappa shape index (κ2) is 6.32. The lowest BCUT2D eigenvalue weighted by molar-refractivity contribution is -0.122. The molecular formula is C18H26N4O. The quantitative estimate of drug-likeness (QED) is 0.909. The van der Waals surface area contributed by atoms with E-state index < -0.39 is 5.54 Å². The molecule has 5 heteroatoms. The lowest BCUT2D eigenvalue weighted by atomic mass is 9.74. The summed E-state index contributed by atoms with van der Waals surface area (Å²) < 4.78 is 2.09. The number of hydrogen-bond donors (Lipinski definition) is 2. The summed E-state index contributed by atoms with van der Waals surface area (Å²) in [6, 6.07) is 7.99. The minimum atomic E-state index is -0.427. The molecule has 2 unspecified atom stereocenters. The molecule has 0 saturated heterocycles. The first-order valence-electron chi connectivity index (χ1n) is 8.58. The number of aryl methyl sites for hydroxylation is 1. The molecule has 2 atom stereocenters. The monoisotopic (exact) mass is 314 g/mol. The number of nitrogens with one attached hydrogen (secondary N) is 1. The number of imidazole rings is 1. The van der Waals surface area contributed by atoms with Crippen LogP contribution in [0.2, 0.25) is 0 Å². The van der Waals surface area contributed by atoms with E-state index >= 15 is 0 Å². The van der Waals surface area contributed by atoms with Crippen molar-refractivity contribution >= 4 is 22.9 Å². The van der Waals surface area contributed by atoms with E-state index in [0.29, 0.717) is 5.95 Å². The van der Waals surface area contributed by atoms with Gasteiger partial charge in [-0.05, 0) is 38.3 Å². The molecule has 1 saturated carbocycles. The van der Waals surface area contributed by atoms with Crippen molar-refractivity contribution in [3.63, 3.8) is 0 Å². The first-order chi connectivity index (χ1) is 11.0. The molecule has 124 valence electrons. The molecule has 3 rings (SSSR count). The second-order valence-corrected chi connectivity index (χ2v) is 6.87. The average molecular weight is 314 g/mol. The Labute approximate surface area is 137 Å². The van der Waals surface area contributed by atoms with Crippen LogP contribution in [-0.4, -0.2) is 21.0 Å². The lowest BCUT2D eigenvalue weighted by Crippen LogP contribution is -2.51. The van der Waals surface area contributed by atoms with Gasteiger partial charge in [-0.1, -0.05) is 31.9 Å². The maximum absolute atomic E-state index is 12.8. The van der Waals surface area contributed by atoms with Crippen LogP contribution in [-0.2, 0) is 11.3 Å². The van der Waals surface area contributed by atoms with Gasteiger partial charge in [0.15, 0.2) is 0 Å². The third kappa shape index (κ3) is 3.11. The zero-order valence-electron chi connectivity index (χ0n) is 14.0.